The van der Waals surface area contributed by atoms with Gasteiger partial charge in [0.1, 0.15) is 5.75 Å². The Morgan fingerprint density at radius 1 is 1.47 bits per heavy atom. The summed E-state index contributed by atoms with van der Waals surface area (Å²) in [7, 11) is 1.67. The summed E-state index contributed by atoms with van der Waals surface area (Å²) in [4.78, 5) is 0. The molecule has 2 rings (SSSR count). The lowest BCUT2D eigenvalue weighted by Crippen LogP contribution is -2.38. The number of benzene rings is 1. The van der Waals surface area contributed by atoms with Crippen molar-refractivity contribution in [1.82, 2.24) is 0 Å². The Balaban J connectivity index is 2.41. The third-order valence-electron chi connectivity index (χ3n) is 3.36. The van der Waals surface area contributed by atoms with Crippen LogP contribution in [0.2, 0.25) is 0 Å². The van der Waals surface area contributed by atoms with Crippen molar-refractivity contribution in [2.45, 2.75) is 24.7 Å². The molecule has 0 aliphatic heterocycles. The Morgan fingerprint density at radius 3 is 2.67 bits per heavy atom. The Hall–Kier alpha value is -0.540. The van der Waals surface area contributed by atoms with E-state index in [2.05, 4.69) is 15.9 Å². The van der Waals surface area contributed by atoms with Crippen molar-refractivity contribution >= 4 is 15.9 Å². The number of aliphatic hydroxyl groups is 1. The molecule has 82 valence electrons. The first kappa shape index (κ1) is 11.0. The van der Waals surface area contributed by atoms with Crippen molar-refractivity contribution < 1.29 is 9.84 Å². The highest BCUT2D eigenvalue weighted by Crippen LogP contribution is 2.46. The highest BCUT2D eigenvalue weighted by Gasteiger charge is 2.39. The summed E-state index contributed by atoms with van der Waals surface area (Å²) < 4.78 is 6.28. The average molecular weight is 271 g/mol. The van der Waals surface area contributed by atoms with E-state index in [1.807, 2.05) is 18.2 Å². The molecular formula is C12H15BrO2. The Morgan fingerprint density at radius 2 is 2.20 bits per heavy atom. The van der Waals surface area contributed by atoms with E-state index in [1.54, 1.807) is 7.11 Å². The summed E-state index contributed by atoms with van der Waals surface area (Å²) in [6.45, 7) is 0.221. The summed E-state index contributed by atoms with van der Waals surface area (Å²) in [6, 6.07) is 5.95. The zero-order chi connectivity index (χ0) is 10.9. The van der Waals surface area contributed by atoms with Crippen molar-refractivity contribution in [1.29, 1.82) is 0 Å². The number of rotatable bonds is 3. The average Bonchev–Trinajstić information content (AvgIpc) is 2.20. The molecule has 1 aliphatic rings. The fraction of sp³-hybridized carbons (Fsp3) is 0.500. The topological polar surface area (TPSA) is 29.5 Å². The largest absolute Gasteiger partial charge is 0.497 e. The van der Waals surface area contributed by atoms with Crippen LogP contribution < -0.4 is 4.74 Å². The van der Waals surface area contributed by atoms with Crippen LogP contribution in [0.1, 0.15) is 24.8 Å². The number of halogens is 1. The molecule has 1 fully saturated rings. The number of hydrogen-bond acceptors (Lipinski definition) is 2. The van der Waals surface area contributed by atoms with E-state index < -0.39 is 0 Å². The van der Waals surface area contributed by atoms with Crippen molar-refractivity contribution in [2.75, 3.05) is 13.7 Å². The van der Waals surface area contributed by atoms with Crippen LogP contribution in [-0.2, 0) is 5.41 Å². The van der Waals surface area contributed by atoms with Gasteiger partial charge in [0.15, 0.2) is 0 Å². The van der Waals surface area contributed by atoms with E-state index in [0.717, 1.165) is 23.1 Å². The molecule has 0 saturated heterocycles. The van der Waals surface area contributed by atoms with Crippen LogP contribution >= 0.6 is 15.9 Å². The van der Waals surface area contributed by atoms with Gasteiger partial charge in [-0.3, -0.25) is 0 Å². The van der Waals surface area contributed by atoms with Gasteiger partial charge >= 0.3 is 0 Å². The van der Waals surface area contributed by atoms with Crippen molar-refractivity contribution in [2.24, 2.45) is 0 Å². The van der Waals surface area contributed by atoms with Gasteiger partial charge in [-0.15, -0.1) is 0 Å². The minimum Gasteiger partial charge on any atom is -0.497 e. The molecule has 1 saturated carbocycles. The maximum absolute atomic E-state index is 9.52. The SMILES string of the molecule is COc1ccc(Br)c(C2(CO)CCC2)c1. The molecule has 0 spiro atoms. The fourth-order valence-electron chi connectivity index (χ4n) is 2.15. The second kappa shape index (κ2) is 4.14. The van der Waals surface area contributed by atoms with Crippen LogP contribution in [0.3, 0.4) is 0 Å². The summed E-state index contributed by atoms with van der Waals surface area (Å²) in [6.07, 6.45) is 3.33. The highest BCUT2D eigenvalue weighted by atomic mass is 79.9. The van der Waals surface area contributed by atoms with Crippen LogP contribution in [0.4, 0.5) is 0 Å². The van der Waals surface area contributed by atoms with Gasteiger partial charge in [0.2, 0.25) is 0 Å². The molecule has 1 aromatic rings. The summed E-state index contributed by atoms with van der Waals surface area (Å²) in [5.74, 6) is 0.855. The molecule has 0 bridgehead atoms. The Bertz CT molecular complexity index is 353. The van der Waals surface area contributed by atoms with Gasteiger partial charge in [-0.05, 0) is 36.6 Å². The van der Waals surface area contributed by atoms with Gasteiger partial charge in [0.25, 0.3) is 0 Å². The van der Waals surface area contributed by atoms with E-state index in [-0.39, 0.29) is 12.0 Å². The van der Waals surface area contributed by atoms with Gasteiger partial charge in [0.05, 0.1) is 13.7 Å². The number of methoxy groups -OCH3 is 1. The van der Waals surface area contributed by atoms with Crippen LogP contribution in [0, 0.1) is 0 Å². The molecule has 1 aromatic carbocycles. The molecule has 15 heavy (non-hydrogen) atoms. The minimum atomic E-state index is -0.0344. The van der Waals surface area contributed by atoms with Crippen LogP contribution in [-0.4, -0.2) is 18.8 Å². The molecule has 0 radical (unpaired) electrons. The Labute approximate surface area is 98.4 Å². The predicted octanol–water partition coefficient (Wildman–Crippen LogP) is 2.87. The lowest BCUT2D eigenvalue weighted by molar-refractivity contribution is 0.119. The van der Waals surface area contributed by atoms with E-state index in [9.17, 15) is 5.11 Å². The quantitative estimate of drug-likeness (QED) is 0.916. The third-order valence-corrected chi connectivity index (χ3v) is 4.05. The van der Waals surface area contributed by atoms with Crippen LogP contribution in [0.15, 0.2) is 22.7 Å². The smallest absolute Gasteiger partial charge is 0.119 e. The van der Waals surface area contributed by atoms with Gasteiger partial charge in [-0.25, -0.2) is 0 Å². The molecule has 0 amide bonds. The van der Waals surface area contributed by atoms with E-state index in [0.29, 0.717) is 0 Å². The number of hydrogen-bond donors (Lipinski definition) is 1. The molecular weight excluding hydrogens is 256 g/mol. The summed E-state index contributed by atoms with van der Waals surface area (Å²) in [5, 5.41) is 9.52. The maximum Gasteiger partial charge on any atom is 0.119 e. The first-order valence-electron chi connectivity index (χ1n) is 5.17. The standard InChI is InChI=1S/C12H15BrO2/c1-15-9-3-4-11(13)10(7-9)12(8-14)5-2-6-12/h3-4,7,14H,2,5-6,8H2,1H3. The molecule has 0 heterocycles. The van der Waals surface area contributed by atoms with Gasteiger partial charge in [-0.1, -0.05) is 22.4 Å². The third kappa shape index (κ3) is 1.79. The first-order valence-corrected chi connectivity index (χ1v) is 5.96. The molecule has 3 heteroatoms. The maximum atomic E-state index is 9.52. The second-order valence-corrected chi connectivity index (χ2v) is 4.99. The van der Waals surface area contributed by atoms with Gasteiger partial charge in [0, 0.05) is 9.89 Å². The van der Waals surface area contributed by atoms with Crippen molar-refractivity contribution in [3.05, 3.63) is 28.2 Å². The Kier molecular flexibility index (Phi) is 3.03. The second-order valence-electron chi connectivity index (χ2n) is 4.14. The van der Waals surface area contributed by atoms with E-state index in [4.69, 9.17) is 4.74 Å². The highest BCUT2D eigenvalue weighted by molar-refractivity contribution is 9.10. The summed E-state index contributed by atoms with van der Waals surface area (Å²) >= 11 is 3.54. The monoisotopic (exact) mass is 270 g/mol. The number of ether oxygens (including phenoxy) is 1. The lowest BCUT2D eigenvalue weighted by atomic mass is 9.65. The molecule has 0 aromatic heterocycles. The summed E-state index contributed by atoms with van der Waals surface area (Å²) in [5.41, 5.74) is 1.14. The molecule has 0 atom stereocenters. The number of aliphatic hydroxyl groups excluding tert-OH is 1. The van der Waals surface area contributed by atoms with Crippen molar-refractivity contribution in [3.63, 3.8) is 0 Å². The lowest BCUT2D eigenvalue weighted by Gasteiger charge is -2.41. The first-order chi connectivity index (χ1) is 7.22. The van der Waals surface area contributed by atoms with Crippen LogP contribution in [0.25, 0.3) is 0 Å². The van der Waals surface area contributed by atoms with E-state index in [1.165, 1.54) is 12.0 Å². The van der Waals surface area contributed by atoms with Gasteiger partial charge < -0.3 is 9.84 Å². The molecule has 0 unspecified atom stereocenters. The zero-order valence-corrected chi connectivity index (χ0v) is 10.4. The fourth-order valence-corrected chi connectivity index (χ4v) is 2.82. The van der Waals surface area contributed by atoms with E-state index >= 15 is 0 Å². The van der Waals surface area contributed by atoms with Crippen molar-refractivity contribution in [3.8, 4) is 5.75 Å². The molecule has 2 nitrogen and oxygen atoms in total. The predicted molar refractivity (Wildman–Crippen MR) is 63.3 cm³/mol. The molecule has 1 aliphatic carbocycles. The normalized spacial score (nSPS) is 18.3. The zero-order valence-electron chi connectivity index (χ0n) is 8.79. The minimum absolute atomic E-state index is 0.0344. The van der Waals surface area contributed by atoms with Gasteiger partial charge in [-0.2, -0.15) is 0 Å². The van der Waals surface area contributed by atoms with Crippen LogP contribution in [0.5, 0.6) is 5.75 Å². The molecule has 1 N–H and O–H groups in total.